The Labute approximate surface area is 118 Å². The monoisotopic (exact) mass is 269 g/mol. The van der Waals surface area contributed by atoms with Gasteiger partial charge in [-0.3, -0.25) is 0 Å². The zero-order chi connectivity index (χ0) is 14.3. The molecule has 112 valence electrons. The number of nitrogens with two attached hydrogens (primary N) is 1. The van der Waals surface area contributed by atoms with E-state index in [4.69, 9.17) is 10.5 Å². The second-order valence-corrected chi connectivity index (χ2v) is 5.24. The largest absolute Gasteiger partial charge is 0.462 e. The maximum absolute atomic E-state index is 11.1. The molecule has 0 rings (SSSR count). The minimum Gasteiger partial charge on any atom is -0.462 e. The zero-order valence-corrected chi connectivity index (χ0v) is 12.7. The average molecular weight is 269 g/mol. The second-order valence-electron chi connectivity index (χ2n) is 5.24. The van der Waals surface area contributed by atoms with Crippen molar-refractivity contribution in [2.75, 3.05) is 6.61 Å². The van der Waals surface area contributed by atoms with Gasteiger partial charge in [0.15, 0.2) is 0 Å². The topological polar surface area (TPSA) is 52.3 Å². The van der Waals surface area contributed by atoms with E-state index in [9.17, 15) is 4.79 Å². The Morgan fingerprint density at radius 3 is 1.89 bits per heavy atom. The number of carbonyl (C=O) groups is 1. The van der Waals surface area contributed by atoms with Crippen molar-refractivity contribution in [2.24, 2.45) is 5.73 Å². The molecule has 2 N–H and O–H groups in total. The molecule has 0 heterocycles. The molecule has 3 nitrogen and oxygen atoms in total. The quantitative estimate of drug-likeness (QED) is 0.326. The number of hydrogen-bond acceptors (Lipinski definition) is 3. The van der Waals surface area contributed by atoms with Crippen LogP contribution in [0.15, 0.2) is 11.8 Å². The lowest BCUT2D eigenvalue weighted by Gasteiger charge is -2.03. The van der Waals surface area contributed by atoms with Crippen LogP contribution in [0.5, 0.6) is 0 Å². The van der Waals surface area contributed by atoms with Crippen LogP contribution in [0.25, 0.3) is 0 Å². The third kappa shape index (κ3) is 15.0. The first-order valence-electron chi connectivity index (χ1n) is 7.77. The number of ether oxygens (including phenoxy) is 1. The number of hydrogen-bond donors (Lipinski definition) is 1. The van der Waals surface area contributed by atoms with E-state index in [1.807, 2.05) is 0 Å². The van der Waals surface area contributed by atoms with Gasteiger partial charge in [0, 0.05) is 11.8 Å². The Morgan fingerprint density at radius 2 is 1.42 bits per heavy atom. The van der Waals surface area contributed by atoms with Crippen LogP contribution in [0.1, 0.15) is 78.1 Å². The van der Waals surface area contributed by atoms with Gasteiger partial charge in [0.2, 0.25) is 0 Å². The number of carbonyl (C=O) groups excluding carboxylic acids is 1. The van der Waals surface area contributed by atoms with E-state index in [-0.39, 0.29) is 5.97 Å². The highest BCUT2D eigenvalue weighted by Crippen LogP contribution is 2.10. The van der Waals surface area contributed by atoms with Gasteiger partial charge in [-0.25, -0.2) is 4.79 Å². The third-order valence-corrected chi connectivity index (χ3v) is 3.09. The molecule has 0 spiro atoms. The van der Waals surface area contributed by atoms with Gasteiger partial charge in [-0.1, -0.05) is 64.7 Å². The fourth-order valence-electron chi connectivity index (χ4n) is 1.99. The van der Waals surface area contributed by atoms with E-state index in [2.05, 4.69) is 6.92 Å². The summed E-state index contributed by atoms with van der Waals surface area (Å²) in [4.78, 5) is 11.1. The predicted octanol–water partition coefficient (Wildman–Crippen LogP) is 4.31. The summed E-state index contributed by atoms with van der Waals surface area (Å²) in [6.07, 6.45) is 14.2. The van der Waals surface area contributed by atoms with Crippen molar-refractivity contribution in [2.45, 2.75) is 78.1 Å². The molecule has 0 atom stereocenters. The van der Waals surface area contributed by atoms with Gasteiger partial charge < -0.3 is 10.5 Å². The Hall–Kier alpha value is -0.990. The van der Waals surface area contributed by atoms with Crippen molar-refractivity contribution in [1.29, 1.82) is 0 Å². The lowest BCUT2D eigenvalue weighted by molar-refractivity contribution is -0.137. The van der Waals surface area contributed by atoms with Crippen LogP contribution in [0.2, 0.25) is 0 Å². The summed E-state index contributed by atoms with van der Waals surface area (Å²) in [6, 6.07) is 0. The van der Waals surface area contributed by atoms with Gasteiger partial charge in [-0.05, 0) is 13.3 Å². The summed E-state index contributed by atoms with van der Waals surface area (Å²) >= 11 is 0. The number of unbranched alkanes of at least 4 members (excludes halogenated alkanes) is 9. The maximum atomic E-state index is 11.1. The van der Waals surface area contributed by atoms with E-state index in [1.165, 1.54) is 57.4 Å². The molecule has 0 aliphatic rings. The van der Waals surface area contributed by atoms with Crippen molar-refractivity contribution in [1.82, 2.24) is 0 Å². The first kappa shape index (κ1) is 18.0. The van der Waals surface area contributed by atoms with Crippen molar-refractivity contribution in [3.63, 3.8) is 0 Å². The molecule has 0 aromatic heterocycles. The van der Waals surface area contributed by atoms with Crippen molar-refractivity contribution in [3.8, 4) is 0 Å². The lowest BCUT2D eigenvalue weighted by atomic mass is 10.1. The Bertz CT molecular complexity index is 245. The van der Waals surface area contributed by atoms with Gasteiger partial charge in [0.05, 0.1) is 6.61 Å². The van der Waals surface area contributed by atoms with E-state index in [0.717, 1.165) is 12.8 Å². The first-order chi connectivity index (χ1) is 9.16. The van der Waals surface area contributed by atoms with Crippen LogP contribution in [0.4, 0.5) is 0 Å². The number of esters is 1. The van der Waals surface area contributed by atoms with Crippen LogP contribution >= 0.6 is 0 Å². The molecule has 0 unspecified atom stereocenters. The number of rotatable bonds is 12. The third-order valence-electron chi connectivity index (χ3n) is 3.09. The Kier molecular flexibility index (Phi) is 12.7. The summed E-state index contributed by atoms with van der Waals surface area (Å²) in [7, 11) is 0. The summed E-state index contributed by atoms with van der Waals surface area (Å²) in [5.41, 5.74) is 5.88. The first-order valence-corrected chi connectivity index (χ1v) is 7.77. The summed E-state index contributed by atoms with van der Waals surface area (Å²) < 4.78 is 5.03. The highest BCUT2D eigenvalue weighted by atomic mass is 16.5. The van der Waals surface area contributed by atoms with Crippen LogP contribution < -0.4 is 5.73 Å². The van der Waals surface area contributed by atoms with Gasteiger partial charge in [0.1, 0.15) is 0 Å². The van der Waals surface area contributed by atoms with Gasteiger partial charge >= 0.3 is 5.97 Å². The van der Waals surface area contributed by atoms with Crippen molar-refractivity contribution in [3.05, 3.63) is 11.8 Å². The predicted molar refractivity (Wildman–Crippen MR) is 80.7 cm³/mol. The fraction of sp³-hybridized carbons (Fsp3) is 0.812. The fourth-order valence-corrected chi connectivity index (χ4v) is 1.99. The average Bonchev–Trinajstić information content (AvgIpc) is 2.35. The van der Waals surface area contributed by atoms with Gasteiger partial charge in [0.25, 0.3) is 0 Å². The minimum absolute atomic E-state index is 0.323. The molecule has 0 saturated carbocycles. The van der Waals surface area contributed by atoms with Crippen LogP contribution in [0.3, 0.4) is 0 Å². The molecule has 0 saturated heterocycles. The molecule has 3 heteroatoms. The van der Waals surface area contributed by atoms with E-state index < -0.39 is 0 Å². The van der Waals surface area contributed by atoms with Crippen LogP contribution in [0, 0.1) is 0 Å². The van der Waals surface area contributed by atoms with Crippen LogP contribution in [-0.2, 0) is 9.53 Å². The molecular weight excluding hydrogens is 238 g/mol. The highest BCUT2D eigenvalue weighted by molar-refractivity contribution is 5.82. The lowest BCUT2D eigenvalue weighted by Crippen LogP contribution is -2.05. The molecule has 0 aliphatic heterocycles. The van der Waals surface area contributed by atoms with Gasteiger partial charge in [-0.15, -0.1) is 0 Å². The normalized spacial score (nSPS) is 11.6. The van der Waals surface area contributed by atoms with Gasteiger partial charge in [-0.2, -0.15) is 0 Å². The standard InChI is InChI=1S/C16H31NO2/c1-3-4-5-6-7-8-9-10-11-12-13-19-16(18)14-15(2)17/h14H,3-13,17H2,1-2H3/b15-14-. The molecule has 0 radical (unpaired) electrons. The molecule has 0 aliphatic carbocycles. The second kappa shape index (κ2) is 13.4. The summed E-state index contributed by atoms with van der Waals surface area (Å²) in [5.74, 6) is -0.323. The molecule has 0 bridgehead atoms. The zero-order valence-electron chi connectivity index (χ0n) is 12.7. The molecular formula is C16H31NO2. The van der Waals surface area contributed by atoms with Crippen molar-refractivity contribution < 1.29 is 9.53 Å². The molecule has 0 aromatic rings. The van der Waals surface area contributed by atoms with E-state index in [0.29, 0.717) is 12.3 Å². The Balaban J connectivity index is 3.15. The van der Waals surface area contributed by atoms with Crippen LogP contribution in [-0.4, -0.2) is 12.6 Å². The smallest absolute Gasteiger partial charge is 0.332 e. The Morgan fingerprint density at radius 1 is 0.947 bits per heavy atom. The molecule has 0 aromatic carbocycles. The number of allylic oxidation sites excluding steroid dienone is 1. The maximum Gasteiger partial charge on any atom is 0.332 e. The molecule has 19 heavy (non-hydrogen) atoms. The summed E-state index contributed by atoms with van der Waals surface area (Å²) in [6.45, 7) is 4.44. The summed E-state index contributed by atoms with van der Waals surface area (Å²) in [5, 5.41) is 0. The van der Waals surface area contributed by atoms with E-state index in [1.54, 1.807) is 6.92 Å². The van der Waals surface area contributed by atoms with E-state index >= 15 is 0 Å². The molecule has 0 amide bonds. The minimum atomic E-state index is -0.323. The highest BCUT2D eigenvalue weighted by Gasteiger charge is 1.98. The van der Waals surface area contributed by atoms with Crippen molar-refractivity contribution >= 4 is 5.97 Å². The SMILES string of the molecule is CCCCCCCCCCCCOC(=O)/C=C(/C)N. The molecule has 0 fully saturated rings.